The molecule has 3 N–H and O–H groups in total. The van der Waals surface area contributed by atoms with E-state index in [2.05, 4.69) is 29.4 Å². The van der Waals surface area contributed by atoms with Crippen LogP contribution in [0.5, 0.6) is 0 Å². The highest BCUT2D eigenvalue weighted by molar-refractivity contribution is 7.99. The first-order chi connectivity index (χ1) is 11.2. The molecular weight excluding hydrogens is 304 g/mol. The normalized spacial score (nSPS) is 30.3. The van der Waals surface area contributed by atoms with Crippen LogP contribution in [0.1, 0.15) is 74.8 Å². The number of imidazole rings is 1. The molecule has 1 unspecified atom stereocenters. The first kappa shape index (κ1) is 17.3. The minimum atomic E-state index is 0.0480. The van der Waals surface area contributed by atoms with Gasteiger partial charge in [-0.05, 0) is 57.7 Å². The van der Waals surface area contributed by atoms with Gasteiger partial charge < -0.3 is 15.6 Å². The van der Waals surface area contributed by atoms with Gasteiger partial charge in [-0.2, -0.15) is 11.8 Å². The molecule has 0 bridgehead atoms. The monoisotopic (exact) mass is 336 g/mol. The van der Waals surface area contributed by atoms with E-state index in [1.54, 1.807) is 0 Å². The van der Waals surface area contributed by atoms with Crippen molar-refractivity contribution in [3.05, 3.63) is 17.7 Å². The third kappa shape index (κ3) is 4.12. The molecule has 4 nitrogen and oxygen atoms in total. The maximum Gasteiger partial charge on any atom is 0.125 e. The predicted molar refractivity (Wildman–Crippen MR) is 98.9 cm³/mol. The lowest BCUT2D eigenvalue weighted by atomic mass is 9.87. The molecule has 0 radical (unpaired) electrons. The second-order valence-electron chi connectivity index (χ2n) is 7.30. The molecule has 1 aliphatic carbocycles. The summed E-state index contributed by atoms with van der Waals surface area (Å²) in [5, 5.41) is 4.46. The Morgan fingerprint density at radius 2 is 2.09 bits per heavy atom. The van der Waals surface area contributed by atoms with Gasteiger partial charge in [-0.3, -0.25) is 0 Å². The summed E-state index contributed by atoms with van der Waals surface area (Å²) in [4.78, 5) is 4.70. The Kier molecular flexibility index (Phi) is 6.05. The van der Waals surface area contributed by atoms with Crippen molar-refractivity contribution < 1.29 is 0 Å². The molecule has 1 aromatic rings. The van der Waals surface area contributed by atoms with Gasteiger partial charge in [0, 0.05) is 36.1 Å². The number of piperidine rings is 1. The second kappa shape index (κ2) is 8.04. The number of nitrogens with one attached hydrogen (secondary N) is 1. The third-order valence-electron chi connectivity index (χ3n) is 5.77. The smallest absolute Gasteiger partial charge is 0.125 e. The van der Waals surface area contributed by atoms with Crippen LogP contribution in [-0.2, 0) is 7.05 Å². The molecule has 0 amide bonds. The van der Waals surface area contributed by atoms with E-state index in [4.69, 9.17) is 10.7 Å². The minimum Gasteiger partial charge on any atom is -0.334 e. The van der Waals surface area contributed by atoms with Gasteiger partial charge in [0.05, 0.1) is 6.04 Å². The van der Waals surface area contributed by atoms with Crippen molar-refractivity contribution in [2.75, 3.05) is 12.8 Å². The lowest BCUT2D eigenvalue weighted by molar-refractivity contribution is 0.355. The first-order valence-electron chi connectivity index (χ1n) is 9.22. The van der Waals surface area contributed by atoms with Crippen molar-refractivity contribution in [2.24, 2.45) is 12.8 Å². The van der Waals surface area contributed by atoms with Crippen molar-refractivity contribution in [2.45, 2.75) is 74.6 Å². The van der Waals surface area contributed by atoms with E-state index < -0.39 is 0 Å². The van der Waals surface area contributed by atoms with Crippen LogP contribution in [0.4, 0.5) is 0 Å². The summed E-state index contributed by atoms with van der Waals surface area (Å²) in [5.74, 6) is 1.74. The van der Waals surface area contributed by atoms with Gasteiger partial charge in [0.15, 0.2) is 0 Å². The molecule has 3 rings (SSSR count). The summed E-state index contributed by atoms with van der Waals surface area (Å²) < 4.78 is 2.29. The van der Waals surface area contributed by atoms with Gasteiger partial charge in [0.1, 0.15) is 5.82 Å². The fraction of sp³-hybridized carbons (Fsp3) is 0.833. The van der Waals surface area contributed by atoms with Gasteiger partial charge in [0.2, 0.25) is 0 Å². The van der Waals surface area contributed by atoms with Crippen molar-refractivity contribution in [3.8, 4) is 0 Å². The van der Waals surface area contributed by atoms with Gasteiger partial charge in [-0.25, -0.2) is 4.98 Å². The average molecular weight is 337 g/mol. The zero-order valence-electron chi connectivity index (χ0n) is 14.6. The van der Waals surface area contributed by atoms with Crippen LogP contribution in [0.3, 0.4) is 0 Å². The molecule has 5 heteroatoms. The molecule has 1 saturated heterocycles. The van der Waals surface area contributed by atoms with E-state index in [1.165, 1.54) is 50.6 Å². The lowest BCUT2D eigenvalue weighted by Gasteiger charge is -2.28. The molecule has 2 fully saturated rings. The summed E-state index contributed by atoms with van der Waals surface area (Å²) in [6.07, 6.45) is 14.5. The van der Waals surface area contributed by atoms with Crippen molar-refractivity contribution in [1.82, 2.24) is 14.9 Å². The van der Waals surface area contributed by atoms with Crippen LogP contribution in [-0.4, -0.2) is 33.6 Å². The Bertz CT molecular complexity index is 487. The number of aromatic nitrogens is 2. The number of hydrogen-bond donors (Lipinski definition) is 2. The highest BCUT2D eigenvalue weighted by Crippen LogP contribution is 2.37. The summed E-state index contributed by atoms with van der Waals surface area (Å²) >= 11 is 2.03. The molecule has 1 saturated carbocycles. The fourth-order valence-electron chi connectivity index (χ4n) is 4.29. The van der Waals surface area contributed by atoms with Crippen LogP contribution in [0.15, 0.2) is 6.20 Å². The molecular formula is C18H32N4S. The molecule has 2 atom stereocenters. The minimum absolute atomic E-state index is 0.0480. The van der Waals surface area contributed by atoms with Crippen LogP contribution >= 0.6 is 11.8 Å². The average Bonchev–Trinajstić information content (AvgIpc) is 2.97. The Balaban J connectivity index is 1.62. The van der Waals surface area contributed by atoms with Crippen LogP contribution in [0.2, 0.25) is 0 Å². The summed E-state index contributed by atoms with van der Waals surface area (Å²) in [6.45, 7) is 1.14. The van der Waals surface area contributed by atoms with Crippen molar-refractivity contribution in [3.63, 3.8) is 0 Å². The topological polar surface area (TPSA) is 55.9 Å². The standard InChI is InChI=1S/C18H32N4S/c1-22-17(13-6-8-15(23-2)9-7-13)12-21-18(22)16(19)11-14-5-3-4-10-20-14/h12-16,20H,3-11,19H2,1-2H3/t13?,14?,15?,16-/m0/s1. The van der Waals surface area contributed by atoms with Gasteiger partial charge in [-0.1, -0.05) is 6.42 Å². The zero-order valence-corrected chi connectivity index (χ0v) is 15.4. The number of rotatable bonds is 5. The molecule has 2 aliphatic rings. The van der Waals surface area contributed by atoms with Crippen LogP contribution < -0.4 is 11.1 Å². The number of hydrogen-bond acceptors (Lipinski definition) is 4. The molecule has 23 heavy (non-hydrogen) atoms. The lowest BCUT2D eigenvalue weighted by Crippen LogP contribution is -2.37. The highest BCUT2D eigenvalue weighted by Gasteiger charge is 2.26. The SMILES string of the molecule is CSC1CCC(c2cnc([C@@H](N)CC3CCCCN3)n2C)CC1. The van der Waals surface area contributed by atoms with E-state index in [-0.39, 0.29) is 6.04 Å². The maximum absolute atomic E-state index is 6.49. The Hall–Kier alpha value is -0.520. The Labute approximate surface area is 145 Å². The van der Waals surface area contributed by atoms with E-state index in [1.807, 2.05) is 11.8 Å². The van der Waals surface area contributed by atoms with Crippen LogP contribution in [0.25, 0.3) is 0 Å². The second-order valence-corrected chi connectivity index (χ2v) is 8.44. The third-order valence-corrected chi connectivity index (χ3v) is 6.91. The Morgan fingerprint density at radius 1 is 1.30 bits per heavy atom. The predicted octanol–water partition coefficient (Wildman–Crippen LogP) is 3.34. The van der Waals surface area contributed by atoms with E-state index in [0.717, 1.165) is 24.0 Å². The first-order valence-corrected chi connectivity index (χ1v) is 10.5. The highest BCUT2D eigenvalue weighted by atomic mass is 32.2. The van der Waals surface area contributed by atoms with E-state index in [0.29, 0.717) is 12.0 Å². The largest absolute Gasteiger partial charge is 0.334 e. The molecule has 1 aromatic heterocycles. The number of nitrogens with two attached hydrogens (primary N) is 1. The van der Waals surface area contributed by atoms with Crippen molar-refractivity contribution >= 4 is 11.8 Å². The van der Waals surface area contributed by atoms with Gasteiger partial charge in [0.25, 0.3) is 0 Å². The fourth-order valence-corrected chi connectivity index (χ4v) is 5.04. The quantitative estimate of drug-likeness (QED) is 0.866. The van der Waals surface area contributed by atoms with Crippen LogP contribution in [0, 0.1) is 0 Å². The molecule has 0 aromatic carbocycles. The zero-order chi connectivity index (χ0) is 16.2. The van der Waals surface area contributed by atoms with E-state index in [9.17, 15) is 0 Å². The maximum atomic E-state index is 6.49. The summed E-state index contributed by atoms with van der Waals surface area (Å²) in [5.41, 5.74) is 7.88. The number of nitrogens with zero attached hydrogens (tertiary/aromatic N) is 2. The van der Waals surface area contributed by atoms with Gasteiger partial charge >= 0.3 is 0 Å². The summed E-state index contributed by atoms with van der Waals surface area (Å²) in [7, 11) is 2.16. The van der Waals surface area contributed by atoms with E-state index >= 15 is 0 Å². The number of thioether (sulfide) groups is 1. The molecule has 2 heterocycles. The Morgan fingerprint density at radius 3 is 2.74 bits per heavy atom. The van der Waals surface area contributed by atoms with Crippen molar-refractivity contribution in [1.29, 1.82) is 0 Å². The van der Waals surface area contributed by atoms with Gasteiger partial charge in [-0.15, -0.1) is 0 Å². The molecule has 130 valence electrons. The molecule has 0 spiro atoms. The molecule has 1 aliphatic heterocycles. The summed E-state index contributed by atoms with van der Waals surface area (Å²) in [6, 6.07) is 0.614.